The molecule has 1 aliphatic carbocycles. The van der Waals surface area contributed by atoms with Crippen LogP contribution in [0.25, 0.3) is 0 Å². The molecule has 1 spiro atoms. The van der Waals surface area contributed by atoms with Gasteiger partial charge in [0.15, 0.2) is 0 Å². The number of carbonyl (C=O) groups is 2. The van der Waals surface area contributed by atoms with E-state index in [4.69, 9.17) is 0 Å². The monoisotopic (exact) mass is 363 g/mol. The molecule has 140 valence electrons. The van der Waals surface area contributed by atoms with Gasteiger partial charge in [0.25, 0.3) is 5.91 Å². The van der Waals surface area contributed by atoms with Crippen molar-refractivity contribution in [3.63, 3.8) is 0 Å². The highest BCUT2D eigenvalue weighted by atomic mass is 16.2. The molecule has 1 saturated carbocycles. The van der Waals surface area contributed by atoms with Crippen LogP contribution < -0.4 is 10.6 Å². The van der Waals surface area contributed by atoms with E-state index in [1.165, 1.54) is 0 Å². The van der Waals surface area contributed by atoms with E-state index in [0.29, 0.717) is 12.1 Å². The minimum Gasteiger partial charge on any atom is -0.349 e. The third-order valence-electron chi connectivity index (χ3n) is 5.86. The van der Waals surface area contributed by atoms with Gasteiger partial charge in [-0.05, 0) is 42.4 Å². The summed E-state index contributed by atoms with van der Waals surface area (Å²) in [7, 11) is 0. The summed E-state index contributed by atoms with van der Waals surface area (Å²) in [5.74, 6) is 0.000471. The third-order valence-corrected chi connectivity index (χ3v) is 5.86. The average molecular weight is 363 g/mol. The quantitative estimate of drug-likeness (QED) is 0.876. The van der Waals surface area contributed by atoms with Gasteiger partial charge in [-0.1, -0.05) is 48.5 Å². The lowest BCUT2D eigenvalue weighted by Crippen LogP contribution is -2.46. The van der Waals surface area contributed by atoms with Gasteiger partial charge in [-0.3, -0.25) is 4.79 Å². The lowest BCUT2D eigenvalue weighted by molar-refractivity contribution is 0.0936. The molecule has 2 aliphatic rings. The summed E-state index contributed by atoms with van der Waals surface area (Å²) in [5, 5.41) is 6.16. The first-order valence-electron chi connectivity index (χ1n) is 9.59. The molecule has 5 nitrogen and oxygen atoms in total. The molecule has 0 aromatic heterocycles. The maximum Gasteiger partial charge on any atom is 0.317 e. The molecule has 4 rings (SSSR count). The largest absolute Gasteiger partial charge is 0.349 e. The number of likely N-dealkylation sites (tertiary alicyclic amines) is 1. The molecule has 2 aromatic carbocycles. The number of nitrogens with one attached hydrogen (secondary N) is 2. The molecule has 1 unspecified atom stereocenters. The normalized spacial score (nSPS) is 20.1. The van der Waals surface area contributed by atoms with E-state index in [0.717, 1.165) is 37.9 Å². The molecule has 2 fully saturated rings. The number of hydrogen-bond acceptors (Lipinski definition) is 2. The van der Waals surface area contributed by atoms with Crippen LogP contribution in [0.15, 0.2) is 60.7 Å². The van der Waals surface area contributed by atoms with E-state index in [2.05, 4.69) is 10.6 Å². The van der Waals surface area contributed by atoms with Crippen molar-refractivity contribution in [1.29, 1.82) is 0 Å². The van der Waals surface area contributed by atoms with Gasteiger partial charge in [0, 0.05) is 31.2 Å². The predicted octanol–water partition coefficient (Wildman–Crippen LogP) is 3.18. The van der Waals surface area contributed by atoms with Crippen LogP contribution in [0.5, 0.6) is 0 Å². The second kappa shape index (κ2) is 7.43. The fourth-order valence-corrected chi connectivity index (χ4v) is 3.98. The Morgan fingerprint density at radius 3 is 2.26 bits per heavy atom. The van der Waals surface area contributed by atoms with Crippen LogP contribution in [0, 0.1) is 5.41 Å². The summed E-state index contributed by atoms with van der Waals surface area (Å²) in [6.07, 6.45) is 2.92. The fourth-order valence-electron chi connectivity index (χ4n) is 3.98. The molecule has 0 radical (unpaired) electrons. The Kier molecular flexibility index (Phi) is 4.84. The third kappa shape index (κ3) is 3.97. The van der Waals surface area contributed by atoms with E-state index in [-0.39, 0.29) is 23.4 Å². The lowest BCUT2D eigenvalue weighted by atomic mass is 9.92. The molecule has 0 bridgehead atoms. The van der Waals surface area contributed by atoms with Crippen LogP contribution >= 0.6 is 0 Å². The van der Waals surface area contributed by atoms with Crippen molar-refractivity contribution in [3.8, 4) is 0 Å². The van der Waals surface area contributed by atoms with Gasteiger partial charge >= 0.3 is 6.03 Å². The summed E-state index contributed by atoms with van der Waals surface area (Å²) < 4.78 is 0. The van der Waals surface area contributed by atoms with Crippen molar-refractivity contribution in [3.05, 3.63) is 71.8 Å². The zero-order valence-corrected chi connectivity index (χ0v) is 15.4. The van der Waals surface area contributed by atoms with Crippen molar-refractivity contribution < 1.29 is 9.59 Å². The molecule has 2 N–H and O–H groups in total. The summed E-state index contributed by atoms with van der Waals surface area (Å²) >= 11 is 0. The topological polar surface area (TPSA) is 61.4 Å². The number of benzene rings is 2. The Bertz CT molecular complexity index is 799. The van der Waals surface area contributed by atoms with Gasteiger partial charge in [0.05, 0.1) is 0 Å². The van der Waals surface area contributed by atoms with Crippen LogP contribution in [0.4, 0.5) is 4.79 Å². The number of rotatable bonds is 4. The molecule has 1 atom stereocenters. The van der Waals surface area contributed by atoms with Crippen LogP contribution in [0.3, 0.4) is 0 Å². The van der Waals surface area contributed by atoms with Crippen LogP contribution in [0.2, 0.25) is 0 Å². The number of hydrogen-bond donors (Lipinski definition) is 2. The Hall–Kier alpha value is -2.82. The molecule has 27 heavy (non-hydrogen) atoms. The number of urea groups is 1. The van der Waals surface area contributed by atoms with Gasteiger partial charge in [-0.25, -0.2) is 4.79 Å². The number of carbonyl (C=O) groups excluding carboxylic acids is 2. The predicted molar refractivity (Wildman–Crippen MR) is 104 cm³/mol. The number of nitrogens with zero attached hydrogens (tertiary/aromatic N) is 1. The zero-order chi connectivity index (χ0) is 18.7. The van der Waals surface area contributed by atoms with Gasteiger partial charge in [-0.2, -0.15) is 0 Å². The van der Waals surface area contributed by atoms with Crippen molar-refractivity contribution in [2.24, 2.45) is 5.41 Å². The van der Waals surface area contributed by atoms with E-state index in [1.807, 2.05) is 65.6 Å². The summed E-state index contributed by atoms with van der Waals surface area (Å²) in [6, 6.07) is 19.5. The van der Waals surface area contributed by atoms with Gasteiger partial charge in [0.2, 0.25) is 0 Å². The fraction of sp³-hybridized carbons (Fsp3) is 0.364. The van der Waals surface area contributed by atoms with Crippen LogP contribution in [-0.4, -0.2) is 36.0 Å². The van der Waals surface area contributed by atoms with Crippen LogP contribution in [0.1, 0.15) is 35.2 Å². The highest BCUT2D eigenvalue weighted by Crippen LogP contribution is 2.53. The molecule has 1 heterocycles. The minimum absolute atomic E-state index is 0.000471. The highest BCUT2D eigenvalue weighted by Gasteiger charge is 2.55. The Morgan fingerprint density at radius 2 is 1.59 bits per heavy atom. The molecular weight excluding hydrogens is 338 g/mol. The highest BCUT2D eigenvalue weighted by molar-refractivity contribution is 5.94. The van der Waals surface area contributed by atoms with E-state index in [9.17, 15) is 9.59 Å². The smallest absolute Gasteiger partial charge is 0.317 e. The van der Waals surface area contributed by atoms with E-state index < -0.39 is 0 Å². The SMILES string of the molecule is O=C(NC1CC12CCN(C(=O)NCc1ccccc1)CC2)c1ccccc1. The lowest BCUT2D eigenvalue weighted by Gasteiger charge is -2.33. The first kappa shape index (κ1) is 17.6. The molecule has 1 aliphatic heterocycles. The number of amides is 3. The summed E-state index contributed by atoms with van der Waals surface area (Å²) in [6.45, 7) is 2.05. The van der Waals surface area contributed by atoms with Crippen molar-refractivity contribution in [1.82, 2.24) is 15.5 Å². The maximum atomic E-state index is 12.4. The van der Waals surface area contributed by atoms with Gasteiger partial charge in [0.1, 0.15) is 0 Å². The maximum absolute atomic E-state index is 12.4. The second-order valence-corrected chi connectivity index (χ2v) is 7.59. The Morgan fingerprint density at radius 1 is 0.963 bits per heavy atom. The molecule has 5 heteroatoms. The summed E-state index contributed by atoms with van der Waals surface area (Å²) in [5.41, 5.74) is 1.99. The van der Waals surface area contributed by atoms with Crippen molar-refractivity contribution in [2.75, 3.05) is 13.1 Å². The molecule has 3 amide bonds. The van der Waals surface area contributed by atoms with Gasteiger partial charge in [-0.15, -0.1) is 0 Å². The van der Waals surface area contributed by atoms with Crippen molar-refractivity contribution in [2.45, 2.75) is 31.8 Å². The Labute approximate surface area is 159 Å². The first-order chi connectivity index (χ1) is 13.2. The zero-order valence-electron chi connectivity index (χ0n) is 15.4. The van der Waals surface area contributed by atoms with Crippen LogP contribution in [-0.2, 0) is 6.54 Å². The second-order valence-electron chi connectivity index (χ2n) is 7.59. The van der Waals surface area contributed by atoms with Gasteiger partial charge < -0.3 is 15.5 Å². The standard InChI is InChI=1S/C22H25N3O2/c26-20(18-9-5-2-6-10-18)24-19-15-22(19)11-13-25(14-12-22)21(27)23-16-17-7-3-1-4-8-17/h1-10,19H,11-16H2,(H,23,27)(H,24,26). The molecule has 2 aromatic rings. The average Bonchev–Trinajstić information content (AvgIpc) is 3.38. The summed E-state index contributed by atoms with van der Waals surface area (Å²) in [4.78, 5) is 26.6. The first-order valence-corrected chi connectivity index (χ1v) is 9.59. The Balaban J connectivity index is 1.23. The number of piperidine rings is 1. The van der Waals surface area contributed by atoms with E-state index in [1.54, 1.807) is 0 Å². The molecule has 1 saturated heterocycles. The van der Waals surface area contributed by atoms with Crippen molar-refractivity contribution >= 4 is 11.9 Å². The van der Waals surface area contributed by atoms with E-state index >= 15 is 0 Å². The molecular formula is C22H25N3O2. The minimum atomic E-state index is -0.000718.